The van der Waals surface area contributed by atoms with Crippen molar-refractivity contribution in [1.29, 1.82) is 0 Å². The molecule has 0 saturated carbocycles. The molecule has 33 heavy (non-hydrogen) atoms. The quantitative estimate of drug-likeness (QED) is 0.414. The number of thiophene rings is 1. The molecule has 2 aromatic carbocycles. The Morgan fingerprint density at radius 3 is 2.42 bits per heavy atom. The van der Waals surface area contributed by atoms with Gasteiger partial charge in [-0.15, -0.1) is 11.3 Å². The Labute approximate surface area is 195 Å². The summed E-state index contributed by atoms with van der Waals surface area (Å²) in [5.74, 6) is 1.33. The van der Waals surface area contributed by atoms with Gasteiger partial charge >= 0.3 is 0 Å². The topological polar surface area (TPSA) is 118 Å². The van der Waals surface area contributed by atoms with Gasteiger partial charge < -0.3 is 9.72 Å². The third-order valence-corrected chi connectivity index (χ3v) is 7.66. The van der Waals surface area contributed by atoms with Crippen molar-refractivity contribution >= 4 is 31.6 Å². The van der Waals surface area contributed by atoms with Gasteiger partial charge in [0.15, 0.2) is 0 Å². The molecule has 4 rings (SSSR count). The molecule has 0 aliphatic carbocycles. The van der Waals surface area contributed by atoms with Gasteiger partial charge in [0.25, 0.3) is 5.56 Å². The van der Waals surface area contributed by atoms with Gasteiger partial charge in [-0.1, -0.05) is 12.1 Å². The van der Waals surface area contributed by atoms with Crippen molar-refractivity contribution in [3.05, 3.63) is 76.3 Å². The molecule has 0 amide bonds. The van der Waals surface area contributed by atoms with Crippen LogP contribution in [0.15, 0.2) is 64.3 Å². The summed E-state index contributed by atoms with van der Waals surface area (Å²) in [6.07, 6.45) is 0. The lowest BCUT2D eigenvalue weighted by molar-refractivity contribution is 0.247. The molecule has 2 aromatic heterocycles. The summed E-state index contributed by atoms with van der Waals surface area (Å²) in [6, 6.07) is 16.0. The monoisotopic (exact) mass is 484 g/mol. The van der Waals surface area contributed by atoms with E-state index in [9.17, 15) is 13.2 Å². The number of primary sulfonamides is 1. The first-order valence-corrected chi connectivity index (χ1v) is 12.5. The summed E-state index contributed by atoms with van der Waals surface area (Å²) in [5.41, 5.74) is 2.40. The number of sulfonamides is 1. The van der Waals surface area contributed by atoms with Gasteiger partial charge in [0.05, 0.1) is 24.1 Å². The van der Waals surface area contributed by atoms with Crippen LogP contribution in [0.5, 0.6) is 5.75 Å². The van der Waals surface area contributed by atoms with E-state index in [1.807, 2.05) is 49.2 Å². The Hall–Kier alpha value is -3.05. The molecule has 1 atom stereocenters. The predicted molar refractivity (Wildman–Crippen MR) is 130 cm³/mol. The second-order valence-corrected chi connectivity index (χ2v) is 10.4. The highest BCUT2D eigenvalue weighted by Crippen LogP contribution is 2.32. The lowest BCUT2D eigenvalue weighted by Gasteiger charge is -2.24. The Bertz CT molecular complexity index is 1440. The van der Waals surface area contributed by atoms with Crippen LogP contribution in [0.2, 0.25) is 0 Å². The van der Waals surface area contributed by atoms with Gasteiger partial charge in [-0.2, -0.15) is 0 Å². The molecule has 0 bridgehead atoms. The first-order valence-electron chi connectivity index (χ1n) is 10.2. The molecule has 172 valence electrons. The van der Waals surface area contributed by atoms with Crippen molar-refractivity contribution in [2.24, 2.45) is 5.14 Å². The van der Waals surface area contributed by atoms with Gasteiger partial charge in [0.2, 0.25) is 10.0 Å². The minimum absolute atomic E-state index is 0.0436. The van der Waals surface area contributed by atoms with Crippen LogP contribution in [0.3, 0.4) is 0 Å². The van der Waals surface area contributed by atoms with E-state index in [0.717, 1.165) is 21.8 Å². The van der Waals surface area contributed by atoms with Crippen LogP contribution in [0.4, 0.5) is 0 Å². The highest BCUT2D eigenvalue weighted by molar-refractivity contribution is 7.89. The van der Waals surface area contributed by atoms with Crippen LogP contribution in [0, 0.1) is 0 Å². The van der Waals surface area contributed by atoms with Crippen molar-refractivity contribution in [3.8, 4) is 16.2 Å². The third-order valence-electron chi connectivity index (χ3n) is 5.56. The van der Waals surface area contributed by atoms with E-state index in [1.54, 1.807) is 19.2 Å². The van der Waals surface area contributed by atoms with Crippen LogP contribution >= 0.6 is 11.3 Å². The molecule has 0 fully saturated rings. The summed E-state index contributed by atoms with van der Waals surface area (Å²) in [5, 5.41) is 5.17. The van der Waals surface area contributed by atoms with Crippen molar-refractivity contribution in [2.75, 3.05) is 14.2 Å². The maximum Gasteiger partial charge on any atom is 0.268 e. The Morgan fingerprint density at radius 2 is 1.82 bits per heavy atom. The maximum absolute atomic E-state index is 12.7. The summed E-state index contributed by atoms with van der Waals surface area (Å²) in [7, 11) is -0.192. The average Bonchev–Trinajstić information content (AvgIpc) is 3.23. The van der Waals surface area contributed by atoms with E-state index in [-0.39, 0.29) is 16.5 Å². The zero-order valence-electron chi connectivity index (χ0n) is 18.4. The fourth-order valence-electron chi connectivity index (χ4n) is 3.52. The van der Waals surface area contributed by atoms with Crippen LogP contribution in [0.25, 0.3) is 20.7 Å². The average molecular weight is 485 g/mol. The first-order chi connectivity index (χ1) is 15.7. The van der Waals surface area contributed by atoms with Gasteiger partial charge in [-0.05, 0) is 67.6 Å². The SMILES string of the molecule is COc1ccc(-c2cc3nc(CN(C)C(C)c4ccc(S(N)(=O)=O)cc4)[nH]c(=O)c3s2)cc1. The van der Waals surface area contributed by atoms with Gasteiger partial charge in [0.1, 0.15) is 16.3 Å². The molecule has 8 nitrogen and oxygen atoms in total. The summed E-state index contributed by atoms with van der Waals surface area (Å²) in [6.45, 7) is 2.41. The van der Waals surface area contributed by atoms with Crippen molar-refractivity contribution in [3.63, 3.8) is 0 Å². The molecule has 4 aromatic rings. The number of fused-ring (bicyclic) bond motifs is 1. The van der Waals surface area contributed by atoms with E-state index < -0.39 is 10.0 Å². The number of hydrogen-bond donors (Lipinski definition) is 2. The van der Waals surface area contributed by atoms with Crippen molar-refractivity contribution in [1.82, 2.24) is 14.9 Å². The van der Waals surface area contributed by atoms with Crippen LogP contribution in [-0.2, 0) is 16.6 Å². The number of benzene rings is 2. The Balaban J connectivity index is 1.56. The second-order valence-electron chi connectivity index (χ2n) is 7.77. The predicted octanol–water partition coefficient (Wildman–Crippen LogP) is 3.50. The molecule has 0 saturated heterocycles. The molecule has 0 radical (unpaired) electrons. The largest absolute Gasteiger partial charge is 0.497 e. The number of nitrogens with zero attached hydrogens (tertiary/aromatic N) is 2. The zero-order chi connectivity index (χ0) is 23.8. The van der Waals surface area contributed by atoms with Crippen LogP contribution < -0.4 is 15.4 Å². The van der Waals surface area contributed by atoms with E-state index in [1.165, 1.54) is 23.5 Å². The minimum Gasteiger partial charge on any atom is -0.497 e. The number of aromatic amines is 1. The lowest BCUT2D eigenvalue weighted by atomic mass is 10.1. The fourth-order valence-corrected chi connectivity index (χ4v) is 5.04. The standard InChI is InChI=1S/C23H24N4O4S2/c1-14(15-6-10-18(11-7-15)33(24,29)30)27(2)13-21-25-19-12-20(32-22(19)23(28)26-21)16-4-8-17(31-3)9-5-16/h4-12,14H,13H2,1-3H3,(H2,24,29,30)(H,25,26,28). The van der Waals surface area contributed by atoms with E-state index in [4.69, 9.17) is 9.88 Å². The highest BCUT2D eigenvalue weighted by Gasteiger charge is 2.16. The summed E-state index contributed by atoms with van der Waals surface area (Å²) >= 11 is 1.40. The number of aromatic nitrogens is 2. The smallest absolute Gasteiger partial charge is 0.268 e. The Morgan fingerprint density at radius 1 is 1.15 bits per heavy atom. The third kappa shape index (κ3) is 4.98. The number of hydrogen-bond acceptors (Lipinski definition) is 7. The maximum atomic E-state index is 12.7. The fraction of sp³-hybridized carbons (Fsp3) is 0.217. The number of ether oxygens (including phenoxy) is 1. The molecule has 1 unspecified atom stereocenters. The second kappa shape index (κ2) is 9.06. The van der Waals surface area contributed by atoms with Crippen molar-refractivity contribution in [2.45, 2.75) is 24.4 Å². The molecular weight excluding hydrogens is 460 g/mol. The molecular formula is C23H24N4O4S2. The lowest BCUT2D eigenvalue weighted by Crippen LogP contribution is -2.24. The number of nitrogens with one attached hydrogen (secondary N) is 1. The van der Waals surface area contributed by atoms with Gasteiger partial charge in [-0.3, -0.25) is 9.69 Å². The van der Waals surface area contributed by atoms with E-state index in [0.29, 0.717) is 22.6 Å². The number of rotatable bonds is 7. The minimum atomic E-state index is -3.73. The molecule has 10 heteroatoms. The normalized spacial score (nSPS) is 12.9. The first kappa shape index (κ1) is 23.1. The van der Waals surface area contributed by atoms with Gasteiger partial charge in [-0.25, -0.2) is 18.5 Å². The van der Waals surface area contributed by atoms with E-state index >= 15 is 0 Å². The van der Waals surface area contributed by atoms with Crippen LogP contribution in [0.1, 0.15) is 24.4 Å². The molecule has 0 aliphatic heterocycles. The van der Waals surface area contributed by atoms with Crippen molar-refractivity contribution < 1.29 is 13.2 Å². The molecule has 3 N–H and O–H groups in total. The Kier molecular flexibility index (Phi) is 6.35. The summed E-state index contributed by atoms with van der Waals surface area (Å²) in [4.78, 5) is 23.3. The molecule has 0 spiro atoms. The number of H-pyrrole nitrogens is 1. The zero-order valence-corrected chi connectivity index (χ0v) is 20.0. The number of methoxy groups -OCH3 is 1. The molecule has 2 heterocycles. The van der Waals surface area contributed by atoms with Crippen LogP contribution in [-0.4, -0.2) is 37.4 Å². The van der Waals surface area contributed by atoms with Gasteiger partial charge in [0, 0.05) is 10.9 Å². The summed E-state index contributed by atoms with van der Waals surface area (Å²) < 4.78 is 28.7. The highest BCUT2D eigenvalue weighted by atomic mass is 32.2. The van der Waals surface area contributed by atoms with E-state index in [2.05, 4.69) is 9.97 Å². The molecule has 0 aliphatic rings. The number of nitrogens with two attached hydrogens (primary N) is 1.